The zero-order chi connectivity index (χ0) is 13.4. The molecular formula is C16H23N3. The van der Waals surface area contributed by atoms with E-state index in [0.717, 1.165) is 0 Å². The van der Waals surface area contributed by atoms with Crippen molar-refractivity contribution in [3.8, 4) is 0 Å². The molecule has 1 aliphatic heterocycles. The first kappa shape index (κ1) is 12.7. The van der Waals surface area contributed by atoms with Crippen LogP contribution in [0.1, 0.15) is 31.4 Å². The van der Waals surface area contributed by atoms with Gasteiger partial charge in [-0.15, -0.1) is 0 Å². The quantitative estimate of drug-likeness (QED) is 0.917. The van der Waals surface area contributed by atoms with Crippen LogP contribution in [0.3, 0.4) is 0 Å². The van der Waals surface area contributed by atoms with Crippen molar-refractivity contribution in [3.63, 3.8) is 0 Å². The topological polar surface area (TPSA) is 34.2 Å². The van der Waals surface area contributed by atoms with Crippen molar-refractivity contribution in [1.29, 1.82) is 0 Å². The van der Waals surface area contributed by atoms with Crippen LogP contribution in [0.4, 0.5) is 0 Å². The van der Waals surface area contributed by atoms with E-state index in [-0.39, 0.29) is 6.04 Å². The highest BCUT2D eigenvalue weighted by molar-refractivity contribution is 5.84. The Hall–Kier alpha value is -1.32. The third-order valence-electron chi connectivity index (χ3n) is 4.28. The Balaban J connectivity index is 2.09. The lowest BCUT2D eigenvalue weighted by atomic mass is 9.99. The van der Waals surface area contributed by atoms with Crippen LogP contribution in [0, 0.1) is 0 Å². The highest BCUT2D eigenvalue weighted by atomic mass is 15.2. The number of hydrogen-bond donors (Lipinski definition) is 1. The van der Waals surface area contributed by atoms with E-state index in [1.165, 1.54) is 42.4 Å². The van der Waals surface area contributed by atoms with Crippen molar-refractivity contribution in [3.05, 3.63) is 36.0 Å². The number of hydrogen-bond acceptors (Lipinski definition) is 2. The Kier molecular flexibility index (Phi) is 3.33. The van der Waals surface area contributed by atoms with E-state index in [2.05, 4.69) is 53.9 Å². The van der Waals surface area contributed by atoms with Crippen LogP contribution in [0.15, 0.2) is 30.5 Å². The third kappa shape index (κ3) is 2.17. The van der Waals surface area contributed by atoms with Gasteiger partial charge in [-0.05, 0) is 44.5 Å². The van der Waals surface area contributed by atoms with Crippen molar-refractivity contribution >= 4 is 10.9 Å². The minimum absolute atomic E-state index is 0.156. The predicted molar refractivity (Wildman–Crippen MR) is 80.1 cm³/mol. The molecule has 0 radical (unpaired) electrons. The maximum Gasteiger partial charge on any atom is 0.0517 e. The summed E-state index contributed by atoms with van der Waals surface area (Å²) in [6.45, 7) is 4.48. The van der Waals surface area contributed by atoms with Crippen molar-refractivity contribution in [1.82, 2.24) is 9.47 Å². The molecule has 0 amide bonds. The number of rotatable bonds is 3. The van der Waals surface area contributed by atoms with E-state index in [9.17, 15) is 0 Å². The molecule has 3 rings (SSSR count). The largest absolute Gasteiger partial charge is 0.350 e. The number of aryl methyl sites for hydroxylation is 1. The van der Waals surface area contributed by atoms with Crippen LogP contribution >= 0.6 is 0 Å². The van der Waals surface area contributed by atoms with Crippen molar-refractivity contribution in [2.24, 2.45) is 12.8 Å². The third-order valence-corrected chi connectivity index (χ3v) is 4.28. The molecule has 0 aliphatic carbocycles. The Bertz CT molecular complexity index is 564. The summed E-state index contributed by atoms with van der Waals surface area (Å²) in [4.78, 5) is 2.55. The van der Waals surface area contributed by atoms with E-state index < -0.39 is 0 Å². The normalized spacial score (nSPS) is 19.9. The summed E-state index contributed by atoms with van der Waals surface area (Å²) in [5.74, 6) is 0. The second-order valence-electron chi connectivity index (χ2n) is 5.76. The van der Waals surface area contributed by atoms with Gasteiger partial charge in [0.15, 0.2) is 0 Å². The Morgan fingerprint density at radius 3 is 2.53 bits per heavy atom. The Morgan fingerprint density at radius 2 is 1.84 bits per heavy atom. The zero-order valence-corrected chi connectivity index (χ0v) is 11.8. The van der Waals surface area contributed by atoms with E-state index in [1.54, 1.807) is 0 Å². The van der Waals surface area contributed by atoms with Gasteiger partial charge in [0.2, 0.25) is 0 Å². The number of likely N-dealkylation sites (tertiary alicyclic amines) is 1. The van der Waals surface area contributed by atoms with Gasteiger partial charge >= 0.3 is 0 Å². The standard InChI is InChI=1S/C16H23N3/c1-12(17)16(19-9-5-6-10-19)14-11-18(2)15-8-4-3-7-13(14)15/h3-4,7-8,11-12,16H,5-6,9-10,17H2,1-2H3. The van der Waals surface area contributed by atoms with Gasteiger partial charge in [-0.1, -0.05) is 18.2 Å². The second kappa shape index (κ2) is 4.99. The first-order valence-electron chi connectivity index (χ1n) is 7.22. The molecule has 0 bridgehead atoms. The average molecular weight is 257 g/mol. The molecule has 2 N–H and O–H groups in total. The molecule has 1 aromatic heterocycles. The summed E-state index contributed by atoms with van der Waals surface area (Å²) in [5, 5.41) is 1.35. The first-order valence-corrected chi connectivity index (χ1v) is 7.22. The molecule has 3 heteroatoms. The molecule has 3 nitrogen and oxygen atoms in total. The fraction of sp³-hybridized carbons (Fsp3) is 0.500. The smallest absolute Gasteiger partial charge is 0.0517 e. The fourth-order valence-corrected chi connectivity index (χ4v) is 3.44. The summed E-state index contributed by atoms with van der Waals surface area (Å²) >= 11 is 0. The molecule has 102 valence electrons. The molecule has 0 saturated carbocycles. The van der Waals surface area contributed by atoms with Crippen LogP contribution in [0.25, 0.3) is 10.9 Å². The second-order valence-corrected chi connectivity index (χ2v) is 5.76. The number of aromatic nitrogens is 1. The van der Waals surface area contributed by atoms with Gasteiger partial charge in [-0.2, -0.15) is 0 Å². The number of fused-ring (bicyclic) bond motifs is 1. The predicted octanol–water partition coefficient (Wildman–Crippen LogP) is 2.66. The lowest BCUT2D eigenvalue weighted by Crippen LogP contribution is -2.37. The van der Waals surface area contributed by atoms with Gasteiger partial charge in [-0.3, -0.25) is 4.90 Å². The molecule has 2 aromatic rings. The highest BCUT2D eigenvalue weighted by Gasteiger charge is 2.28. The Morgan fingerprint density at radius 1 is 1.16 bits per heavy atom. The van der Waals surface area contributed by atoms with Crippen LogP contribution in [0.5, 0.6) is 0 Å². The first-order chi connectivity index (χ1) is 9.18. The van der Waals surface area contributed by atoms with Gasteiger partial charge in [0.1, 0.15) is 0 Å². The minimum Gasteiger partial charge on any atom is -0.350 e. The van der Waals surface area contributed by atoms with E-state index >= 15 is 0 Å². The molecule has 1 saturated heterocycles. The van der Waals surface area contributed by atoms with Gasteiger partial charge < -0.3 is 10.3 Å². The number of nitrogens with zero attached hydrogens (tertiary/aromatic N) is 2. The van der Waals surface area contributed by atoms with Gasteiger partial charge in [0.05, 0.1) is 6.04 Å². The van der Waals surface area contributed by atoms with Crippen molar-refractivity contribution in [2.75, 3.05) is 13.1 Å². The Labute approximate surface area is 115 Å². The maximum atomic E-state index is 6.30. The number of benzene rings is 1. The lowest BCUT2D eigenvalue weighted by Gasteiger charge is -2.30. The molecule has 0 spiro atoms. The monoisotopic (exact) mass is 257 g/mol. The van der Waals surface area contributed by atoms with Gasteiger partial charge in [0.25, 0.3) is 0 Å². The molecule has 2 unspecified atom stereocenters. The molecule has 2 atom stereocenters. The van der Waals surface area contributed by atoms with Gasteiger partial charge in [0, 0.05) is 30.2 Å². The lowest BCUT2D eigenvalue weighted by molar-refractivity contribution is 0.220. The van der Waals surface area contributed by atoms with Crippen molar-refractivity contribution in [2.45, 2.75) is 31.8 Å². The summed E-state index contributed by atoms with van der Waals surface area (Å²) in [6, 6.07) is 9.12. The minimum atomic E-state index is 0.156. The summed E-state index contributed by atoms with van der Waals surface area (Å²) in [5.41, 5.74) is 8.98. The van der Waals surface area contributed by atoms with E-state index in [0.29, 0.717) is 6.04 Å². The average Bonchev–Trinajstić information content (AvgIpc) is 3.00. The van der Waals surface area contributed by atoms with E-state index in [4.69, 9.17) is 5.73 Å². The molecule has 1 aromatic carbocycles. The van der Waals surface area contributed by atoms with Crippen LogP contribution in [0.2, 0.25) is 0 Å². The summed E-state index contributed by atoms with van der Waals surface area (Å²) in [6.07, 6.45) is 4.86. The van der Waals surface area contributed by atoms with Crippen LogP contribution in [-0.4, -0.2) is 28.6 Å². The molecule has 19 heavy (non-hydrogen) atoms. The van der Waals surface area contributed by atoms with E-state index in [1.807, 2.05) is 0 Å². The highest BCUT2D eigenvalue weighted by Crippen LogP contribution is 2.33. The van der Waals surface area contributed by atoms with Crippen LogP contribution < -0.4 is 5.73 Å². The molecule has 2 heterocycles. The summed E-state index contributed by atoms with van der Waals surface area (Å²) < 4.78 is 2.22. The SMILES string of the molecule is CC(N)C(c1cn(C)c2ccccc12)N1CCCC1. The maximum absolute atomic E-state index is 6.30. The molecule has 1 fully saturated rings. The molecule has 1 aliphatic rings. The van der Waals surface area contributed by atoms with Crippen molar-refractivity contribution < 1.29 is 0 Å². The summed E-state index contributed by atoms with van der Waals surface area (Å²) in [7, 11) is 2.12. The number of para-hydroxylation sites is 1. The molecular weight excluding hydrogens is 234 g/mol. The van der Waals surface area contributed by atoms with Crippen LogP contribution in [-0.2, 0) is 7.05 Å². The zero-order valence-electron chi connectivity index (χ0n) is 11.8. The van der Waals surface area contributed by atoms with Gasteiger partial charge in [-0.25, -0.2) is 0 Å². The number of nitrogens with two attached hydrogens (primary N) is 1. The fourth-order valence-electron chi connectivity index (χ4n) is 3.44.